The van der Waals surface area contributed by atoms with E-state index in [-0.39, 0.29) is 42.8 Å². The molecule has 1 amide bonds. The fraction of sp³-hybridized carbons (Fsp3) is 0.600. The number of carbonyl (C=O) groups is 3. The molecule has 3 rings (SSSR count). The first-order chi connectivity index (χ1) is 20.1. The van der Waals surface area contributed by atoms with E-state index in [2.05, 4.69) is 10.3 Å². The molecule has 0 saturated carbocycles. The number of fused-ring (bicyclic) bond motifs is 1. The van der Waals surface area contributed by atoms with E-state index in [0.29, 0.717) is 36.9 Å². The summed E-state index contributed by atoms with van der Waals surface area (Å²) in [5, 5.41) is 24.6. The van der Waals surface area contributed by atoms with Gasteiger partial charge in [0.05, 0.1) is 36.0 Å². The third kappa shape index (κ3) is 10.3. The number of aromatic amines is 1. The molecule has 0 bridgehead atoms. The Bertz CT molecular complexity index is 1260. The Hall–Kier alpha value is -2.64. The van der Waals surface area contributed by atoms with Gasteiger partial charge in [-0.05, 0) is 45.4 Å². The van der Waals surface area contributed by atoms with Crippen molar-refractivity contribution in [1.29, 1.82) is 0 Å². The largest absolute Gasteiger partial charge is 0.463 e. The molecule has 42 heavy (non-hydrogen) atoms. The Morgan fingerprint density at radius 3 is 2.71 bits per heavy atom. The highest BCUT2D eigenvalue weighted by atomic mass is 32.9. The van der Waals surface area contributed by atoms with Crippen LogP contribution in [0.15, 0.2) is 34.0 Å². The molecule has 3 aliphatic heterocycles. The van der Waals surface area contributed by atoms with Crippen molar-refractivity contribution in [3.05, 3.63) is 39.5 Å². The minimum Gasteiger partial charge on any atom is -0.463 e. The van der Waals surface area contributed by atoms with Gasteiger partial charge in [0.2, 0.25) is 5.91 Å². The molecule has 0 unspecified atom stereocenters. The van der Waals surface area contributed by atoms with Gasteiger partial charge >= 0.3 is 5.97 Å². The Morgan fingerprint density at radius 1 is 1.21 bits per heavy atom. The number of aromatic nitrogens is 1. The number of ether oxygens (including phenoxy) is 2. The molecule has 232 valence electrons. The lowest BCUT2D eigenvalue weighted by molar-refractivity contribution is -0.155. The molecule has 5 atom stereocenters. The van der Waals surface area contributed by atoms with E-state index in [1.807, 2.05) is 24.5 Å². The highest BCUT2D eigenvalue weighted by molar-refractivity contribution is 7.70. The first-order valence-electron chi connectivity index (χ1n) is 14.5. The lowest BCUT2D eigenvalue weighted by atomic mass is 9.89. The maximum atomic E-state index is 12.6. The molecule has 1 fully saturated rings. The van der Waals surface area contributed by atoms with E-state index in [1.165, 1.54) is 26.8 Å². The predicted octanol–water partition coefficient (Wildman–Crippen LogP) is 4.67. The van der Waals surface area contributed by atoms with Gasteiger partial charge in [-0.2, -0.15) is 0 Å². The third-order valence-electron chi connectivity index (χ3n) is 7.37. The van der Waals surface area contributed by atoms with Crippen LogP contribution in [0.4, 0.5) is 5.69 Å². The predicted molar refractivity (Wildman–Crippen MR) is 164 cm³/mol. The van der Waals surface area contributed by atoms with Gasteiger partial charge < -0.3 is 30.0 Å². The van der Waals surface area contributed by atoms with Crippen LogP contribution in [0.3, 0.4) is 0 Å². The Kier molecular flexibility index (Phi) is 13.6. The number of Topliss-reactive ketones (excluding diaryl/α,β-unsaturated/α-hetero) is 1. The summed E-state index contributed by atoms with van der Waals surface area (Å²) in [6.07, 6.45) is 7.68. The summed E-state index contributed by atoms with van der Waals surface area (Å²) >= 11 is 0. The van der Waals surface area contributed by atoms with Gasteiger partial charge in [0, 0.05) is 23.8 Å². The second-order valence-corrected chi connectivity index (χ2v) is 13.1. The Balaban J connectivity index is 1.25. The Labute approximate surface area is 253 Å². The SMILES string of the molecule is C/C(=C\C(=O)OCCCCCCCC(=O)Nc1c2sscc-2[nH]c1=O)C[C@@H]1OC[C@H](C/C=C/[C@@H](C)[C@H](C)O)C(=O)[C@H]1O. The molecule has 10 nitrogen and oxygen atoms in total. The van der Waals surface area contributed by atoms with Crippen LogP contribution in [0.2, 0.25) is 0 Å². The summed E-state index contributed by atoms with van der Waals surface area (Å²) in [6, 6.07) is 0. The highest BCUT2D eigenvalue weighted by Crippen LogP contribution is 2.35. The average molecular weight is 623 g/mol. The van der Waals surface area contributed by atoms with Crippen LogP contribution in [0.25, 0.3) is 10.6 Å². The summed E-state index contributed by atoms with van der Waals surface area (Å²) in [6.45, 7) is 5.81. The van der Waals surface area contributed by atoms with E-state index in [4.69, 9.17) is 9.47 Å². The van der Waals surface area contributed by atoms with Crippen molar-refractivity contribution in [3.63, 3.8) is 0 Å². The minimum atomic E-state index is -1.26. The van der Waals surface area contributed by atoms with Gasteiger partial charge in [0.25, 0.3) is 5.56 Å². The number of hydrogen-bond acceptors (Lipinski definition) is 10. The third-order valence-corrected chi connectivity index (χ3v) is 9.46. The zero-order valence-corrected chi connectivity index (χ0v) is 26.1. The minimum absolute atomic E-state index is 0.0237. The molecule has 3 aliphatic rings. The molecule has 1 saturated heterocycles. The maximum absolute atomic E-state index is 12.6. The number of esters is 1. The first-order valence-corrected chi connectivity index (χ1v) is 16.7. The maximum Gasteiger partial charge on any atom is 0.330 e. The number of amides is 1. The summed E-state index contributed by atoms with van der Waals surface area (Å²) in [4.78, 5) is 52.5. The van der Waals surface area contributed by atoms with Gasteiger partial charge in [-0.15, -0.1) is 0 Å². The van der Waals surface area contributed by atoms with Crippen molar-refractivity contribution < 1.29 is 34.1 Å². The number of H-pyrrole nitrogens is 1. The number of anilines is 1. The number of unbranched alkanes of at least 4 members (excludes halogenated alkanes) is 4. The van der Waals surface area contributed by atoms with Crippen molar-refractivity contribution >= 4 is 44.0 Å². The normalized spacial score (nSPS) is 21.1. The van der Waals surface area contributed by atoms with Gasteiger partial charge in [-0.3, -0.25) is 14.4 Å². The van der Waals surface area contributed by atoms with Crippen molar-refractivity contribution in [2.45, 2.75) is 90.4 Å². The molecule has 12 heteroatoms. The van der Waals surface area contributed by atoms with E-state index in [1.54, 1.807) is 13.8 Å². The average Bonchev–Trinajstić information content (AvgIpc) is 3.50. The lowest BCUT2D eigenvalue weighted by Crippen LogP contribution is -2.46. The summed E-state index contributed by atoms with van der Waals surface area (Å²) < 4.78 is 11.0. The van der Waals surface area contributed by atoms with Gasteiger partial charge in [-0.1, -0.05) is 64.6 Å². The number of rotatable bonds is 16. The molecule has 0 aromatic carbocycles. The molecule has 0 radical (unpaired) electrons. The zero-order valence-electron chi connectivity index (χ0n) is 24.4. The smallest absolute Gasteiger partial charge is 0.330 e. The molecule has 0 aromatic rings. The van der Waals surface area contributed by atoms with Crippen molar-refractivity contribution in [1.82, 2.24) is 4.98 Å². The number of hydrogen-bond donors (Lipinski definition) is 4. The molecule has 0 spiro atoms. The van der Waals surface area contributed by atoms with Crippen LogP contribution in [0.1, 0.15) is 72.1 Å². The molecule has 3 heterocycles. The Morgan fingerprint density at radius 2 is 1.95 bits per heavy atom. The first kappa shape index (κ1) is 33.9. The summed E-state index contributed by atoms with van der Waals surface area (Å²) in [7, 11) is 2.96. The topological polar surface area (TPSA) is 155 Å². The van der Waals surface area contributed by atoms with E-state index in [0.717, 1.165) is 29.8 Å². The van der Waals surface area contributed by atoms with Crippen molar-refractivity contribution in [3.8, 4) is 10.6 Å². The molecular weight excluding hydrogens is 580 g/mol. The summed E-state index contributed by atoms with van der Waals surface area (Å²) in [5.41, 5.74) is 1.47. The second-order valence-electron chi connectivity index (χ2n) is 11.0. The number of aliphatic hydroxyl groups is 2. The number of ketones is 1. The lowest BCUT2D eigenvalue weighted by Gasteiger charge is -2.32. The van der Waals surface area contributed by atoms with Crippen LogP contribution in [0.5, 0.6) is 0 Å². The van der Waals surface area contributed by atoms with Gasteiger partial charge in [0.15, 0.2) is 5.78 Å². The van der Waals surface area contributed by atoms with Gasteiger partial charge in [-0.25, -0.2) is 4.79 Å². The fourth-order valence-corrected chi connectivity index (χ4v) is 6.76. The van der Waals surface area contributed by atoms with Crippen molar-refractivity contribution in [2.75, 3.05) is 18.5 Å². The summed E-state index contributed by atoms with van der Waals surface area (Å²) in [5.74, 6) is -1.37. The number of allylic oxidation sites excluding steroid dienone is 1. The van der Waals surface area contributed by atoms with Crippen LogP contribution in [0, 0.1) is 11.8 Å². The molecular formula is C30H42N2O8S2. The highest BCUT2D eigenvalue weighted by Gasteiger charge is 2.37. The number of nitrogens with one attached hydrogen (secondary N) is 2. The van der Waals surface area contributed by atoms with Crippen LogP contribution in [-0.2, 0) is 23.9 Å². The monoisotopic (exact) mass is 622 g/mol. The van der Waals surface area contributed by atoms with Crippen LogP contribution >= 0.6 is 20.7 Å². The van der Waals surface area contributed by atoms with E-state index >= 15 is 0 Å². The van der Waals surface area contributed by atoms with Crippen LogP contribution in [-0.4, -0.2) is 64.4 Å². The van der Waals surface area contributed by atoms with Crippen LogP contribution < -0.4 is 10.9 Å². The molecule has 0 aromatic heterocycles. The molecule has 4 N–H and O–H groups in total. The second kappa shape index (κ2) is 16.9. The quantitative estimate of drug-likeness (QED) is 0.0692. The van der Waals surface area contributed by atoms with Crippen molar-refractivity contribution in [2.24, 2.45) is 11.8 Å². The number of aliphatic hydroxyl groups excluding tert-OH is 2. The van der Waals surface area contributed by atoms with E-state index < -0.39 is 30.2 Å². The zero-order chi connectivity index (χ0) is 30.6. The fourth-order valence-electron chi connectivity index (χ4n) is 4.61. The molecule has 0 aliphatic carbocycles. The standard InChI is InChI=1S/C30H42N2O8S2/c1-18(14-23-28(37)27(36)21(16-40-23)11-9-10-19(2)20(3)33)15-25(35)39-13-8-6-4-5-7-12-24(34)32-26-29-22(17-41-42-29)31-30(26)38/h9-10,15,17,19-21,23,28,33,37H,4-8,11-14,16H2,1-3H3,(H,31,38)(H,32,34)/b10-9+,18-15+/t19-,20+,21+,23+,28+/m1/s1. The number of carbonyl (C=O) groups excluding carboxylic acids is 3. The van der Waals surface area contributed by atoms with E-state index in [9.17, 15) is 29.4 Å². The van der Waals surface area contributed by atoms with Gasteiger partial charge in [0.1, 0.15) is 11.8 Å².